The number of nitrogens with one attached hydrogen (secondary N) is 1. The minimum Gasteiger partial charge on any atom is -0.478 e. The van der Waals surface area contributed by atoms with Gasteiger partial charge in [0.25, 0.3) is 0 Å². The first-order chi connectivity index (χ1) is 5.74. The van der Waals surface area contributed by atoms with Gasteiger partial charge in [0.1, 0.15) is 0 Å². The van der Waals surface area contributed by atoms with Crippen molar-refractivity contribution in [2.45, 2.75) is 13.8 Å². The van der Waals surface area contributed by atoms with Gasteiger partial charge in [0.2, 0.25) is 5.90 Å². The molecule has 12 heavy (non-hydrogen) atoms. The van der Waals surface area contributed by atoms with E-state index in [-0.39, 0.29) is 5.90 Å². The molecule has 3 heteroatoms. The second-order valence-corrected chi connectivity index (χ2v) is 2.45. The van der Waals surface area contributed by atoms with E-state index in [4.69, 9.17) is 10.1 Å². The number of aromatic nitrogens is 1. The maximum atomic E-state index is 7.44. The zero-order valence-electron chi connectivity index (χ0n) is 7.29. The van der Waals surface area contributed by atoms with Gasteiger partial charge in [-0.25, -0.2) is 0 Å². The zero-order valence-corrected chi connectivity index (χ0v) is 7.29. The molecule has 0 spiro atoms. The predicted octanol–water partition coefficient (Wildman–Crippen LogP) is 1.75. The van der Waals surface area contributed by atoms with E-state index >= 15 is 0 Å². The Bertz CT molecular complexity index is 266. The molecule has 0 aromatic carbocycles. The van der Waals surface area contributed by atoms with E-state index in [1.807, 2.05) is 26.0 Å². The van der Waals surface area contributed by atoms with Gasteiger partial charge in [-0.05, 0) is 26.0 Å². The van der Waals surface area contributed by atoms with E-state index in [0.29, 0.717) is 6.61 Å². The van der Waals surface area contributed by atoms with Gasteiger partial charge in [0.15, 0.2) is 0 Å². The molecule has 0 aliphatic heterocycles. The first kappa shape index (κ1) is 8.71. The van der Waals surface area contributed by atoms with Gasteiger partial charge in [0, 0.05) is 11.9 Å². The van der Waals surface area contributed by atoms with Crippen molar-refractivity contribution < 1.29 is 4.74 Å². The fourth-order valence-corrected chi connectivity index (χ4v) is 0.830. The lowest BCUT2D eigenvalue weighted by molar-refractivity contribution is 0.325. The highest BCUT2D eigenvalue weighted by molar-refractivity contribution is 5.91. The molecule has 1 aromatic heterocycles. The molecule has 1 rings (SSSR count). The van der Waals surface area contributed by atoms with Gasteiger partial charge in [-0.15, -0.1) is 0 Å². The molecule has 0 saturated heterocycles. The lowest BCUT2D eigenvalue weighted by atomic mass is 10.2. The normalized spacial score (nSPS) is 9.50. The van der Waals surface area contributed by atoms with Crippen molar-refractivity contribution in [1.82, 2.24) is 4.98 Å². The molecule has 1 N–H and O–H groups in total. The topological polar surface area (TPSA) is 46.0 Å². The molecule has 0 bridgehead atoms. The minimum atomic E-state index is 0.185. The SMILES string of the molecule is CCOC(=N)c1ccc(C)nc1. The van der Waals surface area contributed by atoms with Crippen LogP contribution < -0.4 is 0 Å². The summed E-state index contributed by atoms with van der Waals surface area (Å²) in [6.07, 6.45) is 1.65. The van der Waals surface area contributed by atoms with Crippen LogP contribution in [0.3, 0.4) is 0 Å². The van der Waals surface area contributed by atoms with Crippen molar-refractivity contribution in [3.8, 4) is 0 Å². The molecule has 1 heterocycles. The van der Waals surface area contributed by atoms with E-state index in [0.717, 1.165) is 11.3 Å². The van der Waals surface area contributed by atoms with Crippen LogP contribution in [0.5, 0.6) is 0 Å². The van der Waals surface area contributed by atoms with Crippen molar-refractivity contribution >= 4 is 5.90 Å². The van der Waals surface area contributed by atoms with E-state index in [9.17, 15) is 0 Å². The Kier molecular flexibility index (Phi) is 2.80. The molecular formula is C9H12N2O. The second-order valence-electron chi connectivity index (χ2n) is 2.45. The summed E-state index contributed by atoms with van der Waals surface area (Å²) in [5, 5.41) is 7.44. The predicted molar refractivity (Wildman–Crippen MR) is 47.4 cm³/mol. The van der Waals surface area contributed by atoms with Gasteiger partial charge < -0.3 is 4.74 Å². The summed E-state index contributed by atoms with van der Waals surface area (Å²) >= 11 is 0. The maximum Gasteiger partial charge on any atom is 0.214 e. The van der Waals surface area contributed by atoms with Crippen LogP contribution in [0.4, 0.5) is 0 Å². The maximum absolute atomic E-state index is 7.44. The van der Waals surface area contributed by atoms with Gasteiger partial charge in [-0.1, -0.05) is 0 Å². The van der Waals surface area contributed by atoms with Crippen LogP contribution in [0.15, 0.2) is 18.3 Å². The first-order valence-corrected chi connectivity index (χ1v) is 3.88. The van der Waals surface area contributed by atoms with Crippen molar-refractivity contribution in [1.29, 1.82) is 5.41 Å². The quantitative estimate of drug-likeness (QED) is 0.534. The first-order valence-electron chi connectivity index (χ1n) is 3.88. The largest absolute Gasteiger partial charge is 0.478 e. The number of ether oxygens (including phenoxy) is 1. The highest BCUT2D eigenvalue weighted by Gasteiger charge is 2.00. The Balaban J connectivity index is 2.75. The van der Waals surface area contributed by atoms with Crippen molar-refractivity contribution in [3.05, 3.63) is 29.6 Å². The van der Waals surface area contributed by atoms with E-state index in [1.54, 1.807) is 6.20 Å². The average molecular weight is 164 g/mol. The van der Waals surface area contributed by atoms with E-state index in [2.05, 4.69) is 4.98 Å². The molecule has 0 aliphatic carbocycles. The lowest BCUT2D eigenvalue weighted by Crippen LogP contribution is -2.04. The van der Waals surface area contributed by atoms with E-state index in [1.165, 1.54) is 0 Å². The summed E-state index contributed by atoms with van der Waals surface area (Å²) in [4.78, 5) is 4.06. The van der Waals surface area contributed by atoms with Gasteiger partial charge in [-0.2, -0.15) is 0 Å². The van der Waals surface area contributed by atoms with Gasteiger partial charge in [0.05, 0.1) is 12.2 Å². The third-order valence-corrected chi connectivity index (χ3v) is 1.46. The number of pyridine rings is 1. The van der Waals surface area contributed by atoms with Crippen molar-refractivity contribution in [3.63, 3.8) is 0 Å². The van der Waals surface area contributed by atoms with Crippen LogP contribution in [0, 0.1) is 12.3 Å². The summed E-state index contributed by atoms with van der Waals surface area (Å²) in [5.41, 5.74) is 1.67. The number of rotatable bonds is 2. The number of aryl methyl sites for hydroxylation is 1. The molecule has 0 fully saturated rings. The molecule has 3 nitrogen and oxygen atoms in total. The van der Waals surface area contributed by atoms with Crippen molar-refractivity contribution in [2.24, 2.45) is 0 Å². The number of hydrogen-bond donors (Lipinski definition) is 1. The van der Waals surface area contributed by atoms with Crippen LogP contribution >= 0.6 is 0 Å². The summed E-state index contributed by atoms with van der Waals surface area (Å²) in [6.45, 7) is 4.29. The average Bonchev–Trinajstić information content (AvgIpc) is 2.06. The zero-order chi connectivity index (χ0) is 8.97. The minimum absolute atomic E-state index is 0.185. The van der Waals surface area contributed by atoms with Crippen LogP contribution in [-0.2, 0) is 4.74 Å². The highest BCUT2D eigenvalue weighted by atomic mass is 16.5. The fourth-order valence-electron chi connectivity index (χ4n) is 0.830. The lowest BCUT2D eigenvalue weighted by Gasteiger charge is -2.03. The smallest absolute Gasteiger partial charge is 0.214 e. The Morgan fingerprint density at radius 2 is 2.33 bits per heavy atom. The molecule has 1 aromatic rings. The second kappa shape index (κ2) is 3.85. The van der Waals surface area contributed by atoms with Crippen LogP contribution in [0.1, 0.15) is 18.2 Å². The summed E-state index contributed by atoms with van der Waals surface area (Å²) in [7, 11) is 0. The summed E-state index contributed by atoms with van der Waals surface area (Å²) in [5.74, 6) is 0.185. The molecular weight excluding hydrogens is 152 g/mol. The highest BCUT2D eigenvalue weighted by Crippen LogP contribution is 2.00. The van der Waals surface area contributed by atoms with Crippen LogP contribution in [0.2, 0.25) is 0 Å². The molecule has 0 saturated carbocycles. The molecule has 0 radical (unpaired) electrons. The van der Waals surface area contributed by atoms with Gasteiger partial charge in [-0.3, -0.25) is 10.4 Å². The van der Waals surface area contributed by atoms with Crippen LogP contribution in [-0.4, -0.2) is 17.5 Å². The Morgan fingerprint density at radius 3 is 2.83 bits per heavy atom. The number of hydrogen-bond acceptors (Lipinski definition) is 3. The monoisotopic (exact) mass is 164 g/mol. The fraction of sp³-hybridized carbons (Fsp3) is 0.333. The van der Waals surface area contributed by atoms with Gasteiger partial charge >= 0.3 is 0 Å². The molecule has 0 aliphatic rings. The Hall–Kier alpha value is -1.38. The van der Waals surface area contributed by atoms with Crippen molar-refractivity contribution in [2.75, 3.05) is 6.61 Å². The molecule has 0 atom stereocenters. The number of nitrogens with zero attached hydrogens (tertiary/aromatic N) is 1. The molecule has 0 unspecified atom stereocenters. The standard InChI is InChI=1S/C9H12N2O/c1-3-12-9(10)8-5-4-7(2)11-6-8/h4-6,10H,3H2,1-2H3. The Morgan fingerprint density at radius 1 is 1.58 bits per heavy atom. The third kappa shape index (κ3) is 2.05. The summed E-state index contributed by atoms with van der Waals surface area (Å²) < 4.78 is 5.01. The summed E-state index contributed by atoms with van der Waals surface area (Å²) in [6, 6.07) is 3.70. The van der Waals surface area contributed by atoms with Crippen LogP contribution in [0.25, 0.3) is 0 Å². The molecule has 64 valence electrons. The third-order valence-electron chi connectivity index (χ3n) is 1.46. The molecule has 0 amide bonds. The Labute approximate surface area is 71.9 Å². The van der Waals surface area contributed by atoms with E-state index < -0.39 is 0 Å².